The summed E-state index contributed by atoms with van der Waals surface area (Å²) >= 11 is 0. The molecule has 2 N–H and O–H groups in total. The summed E-state index contributed by atoms with van der Waals surface area (Å²) in [5, 5.41) is 23.1. The number of nitro groups is 1. The van der Waals surface area contributed by atoms with Crippen molar-refractivity contribution in [3.63, 3.8) is 0 Å². The topological polar surface area (TPSA) is 75.4 Å². The largest absolute Gasteiger partial charge is 0.396 e. The SMILES string of the molecule is CCCC(NCCCCCCO)c1cccc([N+](=O)[O-])c1. The van der Waals surface area contributed by atoms with Crippen molar-refractivity contribution in [1.29, 1.82) is 0 Å². The third-order valence-electron chi connectivity index (χ3n) is 3.54. The summed E-state index contributed by atoms with van der Waals surface area (Å²) < 4.78 is 0. The van der Waals surface area contributed by atoms with Crippen molar-refractivity contribution in [2.24, 2.45) is 0 Å². The molecule has 0 aromatic heterocycles. The van der Waals surface area contributed by atoms with Gasteiger partial charge in [0.2, 0.25) is 0 Å². The zero-order valence-electron chi connectivity index (χ0n) is 12.8. The van der Waals surface area contributed by atoms with Gasteiger partial charge in [-0.15, -0.1) is 0 Å². The first kappa shape index (κ1) is 17.6. The van der Waals surface area contributed by atoms with E-state index in [1.807, 2.05) is 6.07 Å². The maximum absolute atomic E-state index is 10.9. The lowest BCUT2D eigenvalue weighted by Crippen LogP contribution is -2.22. The van der Waals surface area contributed by atoms with E-state index in [0.29, 0.717) is 0 Å². The first-order valence-corrected chi connectivity index (χ1v) is 7.77. The van der Waals surface area contributed by atoms with Crippen LogP contribution in [0.4, 0.5) is 5.69 Å². The van der Waals surface area contributed by atoms with Gasteiger partial charge in [0.15, 0.2) is 0 Å². The Morgan fingerprint density at radius 1 is 1.29 bits per heavy atom. The van der Waals surface area contributed by atoms with Crippen molar-refractivity contribution >= 4 is 5.69 Å². The summed E-state index contributed by atoms with van der Waals surface area (Å²) in [7, 11) is 0. The molecule has 1 aromatic carbocycles. The first-order chi connectivity index (χ1) is 10.2. The average molecular weight is 294 g/mol. The van der Waals surface area contributed by atoms with Crippen LogP contribution in [-0.2, 0) is 0 Å². The van der Waals surface area contributed by atoms with Crippen LogP contribution in [0.5, 0.6) is 0 Å². The molecule has 0 aliphatic heterocycles. The number of benzene rings is 1. The van der Waals surface area contributed by atoms with E-state index in [4.69, 9.17) is 5.11 Å². The van der Waals surface area contributed by atoms with E-state index in [2.05, 4.69) is 12.2 Å². The average Bonchev–Trinajstić information content (AvgIpc) is 2.49. The van der Waals surface area contributed by atoms with E-state index >= 15 is 0 Å². The van der Waals surface area contributed by atoms with Crippen molar-refractivity contribution in [3.8, 4) is 0 Å². The fourth-order valence-corrected chi connectivity index (χ4v) is 2.40. The lowest BCUT2D eigenvalue weighted by atomic mass is 10.0. The lowest BCUT2D eigenvalue weighted by Gasteiger charge is -2.18. The van der Waals surface area contributed by atoms with Crippen LogP contribution in [0.3, 0.4) is 0 Å². The van der Waals surface area contributed by atoms with Crippen molar-refractivity contribution < 1.29 is 10.0 Å². The number of nitrogens with one attached hydrogen (secondary N) is 1. The Kier molecular flexibility index (Phi) is 8.62. The van der Waals surface area contributed by atoms with Gasteiger partial charge in [0.25, 0.3) is 5.69 Å². The summed E-state index contributed by atoms with van der Waals surface area (Å²) in [5.74, 6) is 0. The molecule has 5 nitrogen and oxygen atoms in total. The maximum atomic E-state index is 10.9. The molecule has 21 heavy (non-hydrogen) atoms. The highest BCUT2D eigenvalue weighted by atomic mass is 16.6. The third-order valence-corrected chi connectivity index (χ3v) is 3.54. The highest BCUT2D eigenvalue weighted by molar-refractivity contribution is 5.35. The number of non-ortho nitro benzene ring substituents is 1. The minimum absolute atomic E-state index is 0.151. The quantitative estimate of drug-likeness (QED) is 0.371. The molecule has 1 rings (SSSR count). The molecule has 1 unspecified atom stereocenters. The molecular formula is C16H26N2O3. The second-order valence-electron chi connectivity index (χ2n) is 5.29. The molecule has 5 heteroatoms. The van der Waals surface area contributed by atoms with Gasteiger partial charge in [-0.2, -0.15) is 0 Å². The molecule has 0 fully saturated rings. The smallest absolute Gasteiger partial charge is 0.269 e. The predicted molar refractivity (Wildman–Crippen MR) is 84.3 cm³/mol. The standard InChI is InChI=1S/C16H26N2O3/c1-2-8-16(17-11-5-3-4-6-12-19)14-9-7-10-15(13-14)18(20)21/h7,9-10,13,16-17,19H,2-6,8,11-12H2,1H3. The number of rotatable bonds is 11. The fourth-order valence-electron chi connectivity index (χ4n) is 2.40. The van der Waals surface area contributed by atoms with Crippen LogP contribution in [0.15, 0.2) is 24.3 Å². The van der Waals surface area contributed by atoms with Crippen molar-refractivity contribution in [3.05, 3.63) is 39.9 Å². The molecule has 0 saturated heterocycles. The zero-order chi connectivity index (χ0) is 15.5. The van der Waals surface area contributed by atoms with Crippen LogP contribution in [0.1, 0.15) is 57.1 Å². The number of aliphatic hydroxyl groups excluding tert-OH is 1. The normalized spacial score (nSPS) is 12.3. The van der Waals surface area contributed by atoms with Gasteiger partial charge < -0.3 is 10.4 Å². The van der Waals surface area contributed by atoms with Crippen LogP contribution in [0.2, 0.25) is 0 Å². The van der Waals surface area contributed by atoms with E-state index in [-0.39, 0.29) is 23.3 Å². The minimum atomic E-state index is -0.346. The molecule has 118 valence electrons. The van der Waals surface area contributed by atoms with Gasteiger partial charge in [-0.05, 0) is 31.4 Å². The van der Waals surface area contributed by atoms with Crippen molar-refractivity contribution in [2.75, 3.05) is 13.2 Å². The number of unbranched alkanes of at least 4 members (excludes halogenated alkanes) is 3. The Labute approximate surface area is 126 Å². The van der Waals surface area contributed by atoms with Gasteiger partial charge in [0.05, 0.1) is 4.92 Å². The second kappa shape index (κ2) is 10.3. The van der Waals surface area contributed by atoms with Crippen molar-refractivity contribution in [1.82, 2.24) is 5.32 Å². The third kappa shape index (κ3) is 6.69. The molecule has 1 atom stereocenters. The number of nitro benzene ring substituents is 1. The van der Waals surface area contributed by atoms with E-state index in [1.165, 1.54) is 6.07 Å². The summed E-state index contributed by atoms with van der Waals surface area (Å²) in [5.41, 5.74) is 1.14. The summed E-state index contributed by atoms with van der Waals surface area (Å²) in [6.45, 7) is 3.28. The van der Waals surface area contributed by atoms with Crippen LogP contribution >= 0.6 is 0 Å². The molecule has 1 aromatic rings. The minimum Gasteiger partial charge on any atom is -0.396 e. The van der Waals surface area contributed by atoms with Gasteiger partial charge in [-0.1, -0.05) is 38.3 Å². The van der Waals surface area contributed by atoms with Crippen molar-refractivity contribution in [2.45, 2.75) is 51.5 Å². The number of nitrogens with zero attached hydrogens (tertiary/aromatic N) is 1. The molecule has 0 aliphatic carbocycles. The fraction of sp³-hybridized carbons (Fsp3) is 0.625. The Hall–Kier alpha value is -1.46. The van der Waals surface area contributed by atoms with Crippen LogP contribution in [0.25, 0.3) is 0 Å². The van der Waals surface area contributed by atoms with E-state index < -0.39 is 0 Å². The number of aliphatic hydroxyl groups is 1. The molecule has 0 radical (unpaired) electrons. The van der Waals surface area contributed by atoms with Gasteiger partial charge in [0.1, 0.15) is 0 Å². The Balaban J connectivity index is 2.52. The van der Waals surface area contributed by atoms with Gasteiger partial charge in [-0.25, -0.2) is 0 Å². The summed E-state index contributed by atoms with van der Waals surface area (Å²) in [6, 6.07) is 7.07. The Morgan fingerprint density at radius 3 is 2.71 bits per heavy atom. The van der Waals surface area contributed by atoms with Crippen LogP contribution in [-0.4, -0.2) is 23.2 Å². The molecule has 0 aliphatic rings. The molecular weight excluding hydrogens is 268 g/mol. The maximum Gasteiger partial charge on any atom is 0.269 e. The zero-order valence-corrected chi connectivity index (χ0v) is 12.8. The number of hydrogen-bond acceptors (Lipinski definition) is 4. The molecule has 0 bridgehead atoms. The Bertz CT molecular complexity index is 424. The highest BCUT2D eigenvalue weighted by Gasteiger charge is 2.13. The van der Waals surface area contributed by atoms with Crippen LogP contribution in [0, 0.1) is 10.1 Å². The van der Waals surface area contributed by atoms with Gasteiger partial charge in [-0.3, -0.25) is 10.1 Å². The molecule has 0 spiro atoms. The molecule has 0 heterocycles. The summed E-state index contributed by atoms with van der Waals surface area (Å²) in [4.78, 5) is 10.5. The highest BCUT2D eigenvalue weighted by Crippen LogP contribution is 2.22. The summed E-state index contributed by atoms with van der Waals surface area (Å²) in [6.07, 6.45) is 6.08. The second-order valence-corrected chi connectivity index (χ2v) is 5.29. The Morgan fingerprint density at radius 2 is 2.05 bits per heavy atom. The molecule has 0 amide bonds. The van der Waals surface area contributed by atoms with Crippen LogP contribution < -0.4 is 5.32 Å². The predicted octanol–water partition coefficient (Wildman–Crippen LogP) is 3.58. The van der Waals surface area contributed by atoms with E-state index in [9.17, 15) is 10.1 Å². The van der Waals surface area contributed by atoms with E-state index in [0.717, 1.165) is 50.6 Å². The first-order valence-electron chi connectivity index (χ1n) is 7.77. The number of hydrogen-bond donors (Lipinski definition) is 2. The van der Waals surface area contributed by atoms with Gasteiger partial charge in [0, 0.05) is 24.8 Å². The lowest BCUT2D eigenvalue weighted by molar-refractivity contribution is -0.384. The van der Waals surface area contributed by atoms with Gasteiger partial charge >= 0.3 is 0 Å². The van der Waals surface area contributed by atoms with E-state index in [1.54, 1.807) is 12.1 Å². The molecule has 0 saturated carbocycles. The monoisotopic (exact) mass is 294 g/mol.